The molecular formula is C25H27N5O3S2. The number of hydrogen-bond donors (Lipinski definition) is 3. The molecule has 8 nitrogen and oxygen atoms in total. The van der Waals surface area contributed by atoms with E-state index in [-0.39, 0.29) is 21.9 Å². The number of thiocarbonyl (C=S) groups is 1. The summed E-state index contributed by atoms with van der Waals surface area (Å²) in [5, 5.41) is 5.51. The predicted octanol–water partition coefficient (Wildman–Crippen LogP) is 4.54. The molecule has 0 spiro atoms. The minimum absolute atomic E-state index is 0.0116. The average molecular weight is 510 g/mol. The monoisotopic (exact) mass is 509 g/mol. The number of benzene rings is 2. The average Bonchev–Trinajstić information content (AvgIpc) is 2.77. The second-order valence-corrected chi connectivity index (χ2v) is 10.3. The van der Waals surface area contributed by atoms with Gasteiger partial charge in [-0.2, -0.15) is 0 Å². The number of anilines is 2. The van der Waals surface area contributed by atoms with E-state index in [0.717, 1.165) is 5.56 Å². The molecule has 0 saturated heterocycles. The maximum absolute atomic E-state index is 12.6. The van der Waals surface area contributed by atoms with Crippen LogP contribution in [-0.4, -0.2) is 29.4 Å². The fourth-order valence-electron chi connectivity index (χ4n) is 3.15. The van der Waals surface area contributed by atoms with Crippen molar-refractivity contribution in [3.8, 4) is 0 Å². The molecule has 0 atom stereocenters. The molecular weight excluding hydrogens is 482 g/mol. The highest BCUT2D eigenvalue weighted by atomic mass is 32.2. The van der Waals surface area contributed by atoms with Gasteiger partial charge in [-0.25, -0.2) is 23.1 Å². The molecule has 35 heavy (non-hydrogen) atoms. The first-order chi connectivity index (χ1) is 16.5. The van der Waals surface area contributed by atoms with Gasteiger partial charge < -0.3 is 5.32 Å². The number of nitrogens with zero attached hydrogens (tertiary/aromatic N) is 2. The van der Waals surface area contributed by atoms with Gasteiger partial charge in [-0.15, -0.1) is 0 Å². The van der Waals surface area contributed by atoms with Crippen LogP contribution in [0.1, 0.15) is 42.3 Å². The number of carbonyl (C=O) groups excluding carboxylic acids is 1. The smallest absolute Gasteiger partial charge is 0.264 e. The maximum Gasteiger partial charge on any atom is 0.264 e. The molecule has 0 bridgehead atoms. The Morgan fingerprint density at radius 3 is 2.14 bits per heavy atom. The number of aromatic nitrogens is 2. The van der Waals surface area contributed by atoms with Crippen LogP contribution in [-0.2, 0) is 14.8 Å². The van der Waals surface area contributed by atoms with Crippen molar-refractivity contribution >= 4 is 51.0 Å². The molecule has 182 valence electrons. The highest BCUT2D eigenvalue weighted by Gasteiger charge is 2.16. The number of rotatable bonds is 7. The van der Waals surface area contributed by atoms with Crippen molar-refractivity contribution in [3.05, 3.63) is 83.2 Å². The molecule has 3 rings (SSSR count). The quantitative estimate of drug-likeness (QED) is 0.316. The van der Waals surface area contributed by atoms with Crippen LogP contribution in [0, 0.1) is 13.8 Å². The zero-order valence-corrected chi connectivity index (χ0v) is 21.5. The van der Waals surface area contributed by atoms with E-state index in [1.165, 1.54) is 23.8 Å². The van der Waals surface area contributed by atoms with Gasteiger partial charge in [0, 0.05) is 23.2 Å². The molecule has 0 aliphatic carbocycles. The Morgan fingerprint density at radius 2 is 1.57 bits per heavy atom. The number of nitrogens with one attached hydrogen (secondary N) is 3. The largest absolute Gasteiger partial charge is 0.332 e. The minimum atomic E-state index is -3.87. The van der Waals surface area contributed by atoms with E-state index in [2.05, 4.69) is 39.2 Å². The normalized spacial score (nSPS) is 11.5. The molecule has 3 N–H and O–H groups in total. The summed E-state index contributed by atoms with van der Waals surface area (Å²) in [5.74, 6) is 0.0708. The number of carbonyl (C=O) groups is 1. The van der Waals surface area contributed by atoms with Gasteiger partial charge >= 0.3 is 0 Å². The third-order valence-corrected chi connectivity index (χ3v) is 6.45. The van der Waals surface area contributed by atoms with Crippen molar-refractivity contribution in [1.82, 2.24) is 15.3 Å². The summed E-state index contributed by atoms with van der Waals surface area (Å²) in [6.07, 6.45) is 3.10. The van der Waals surface area contributed by atoms with Crippen molar-refractivity contribution in [1.29, 1.82) is 0 Å². The second-order valence-electron chi connectivity index (χ2n) is 8.20. The van der Waals surface area contributed by atoms with Crippen molar-refractivity contribution in [2.75, 3.05) is 10.0 Å². The van der Waals surface area contributed by atoms with Gasteiger partial charge in [0.2, 0.25) is 11.9 Å². The lowest BCUT2D eigenvalue weighted by Gasteiger charge is -2.10. The van der Waals surface area contributed by atoms with E-state index in [4.69, 9.17) is 12.2 Å². The maximum atomic E-state index is 12.6. The van der Waals surface area contributed by atoms with Crippen LogP contribution in [0.4, 0.5) is 11.6 Å². The Morgan fingerprint density at radius 1 is 0.971 bits per heavy atom. The molecule has 0 fully saturated rings. The topological polar surface area (TPSA) is 113 Å². The Kier molecular flexibility index (Phi) is 8.31. The summed E-state index contributed by atoms with van der Waals surface area (Å²) < 4.78 is 27.7. The van der Waals surface area contributed by atoms with Gasteiger partial charge in [0.1, 0.15) is 0 Å². The summed E-state index contributed by atoms with van der Waals surface area (Å²) in [5.41, 5.74) is 3.96. The van der Waals surface area contributed by atoms with E-state index >= 15 is 0 Å². The van der Waals surface area contributed by atoms with E-state index in [1.54, 1.807) is 38.1 Å². The zero-order chi connectivity index (χ0) is 25.6. The Hall–Kier alpha value is -3.63. The molecule has 10 heteroatoms. The van der Waals surface area contributed by atoms with Gasteiger partial charge in [-0.3, -0.25) is 10.1 Å². The highest BCUT2D eigenvalue weighted by Crippen LogP contribution is 2.17. The zero-order valence-electron chi connectivity index (χ0n) is 19.9. The first-order valence-electron chi connectivity index (χ1n) is 10.9. The van der Waals surface area contributed by atoms with Crippen LogP contribution in [0.2, 0.25) is 0 Å². The van der Waals surface area contributed by atoms with Crippen LogP contribution in [0.15, 0.2) is 65.6 Å². The van der Waals surface area contributed by atoms with Crippen molar-refractivity contribution < 1.29 is 13.2 Å². The first-order valence-corrected chi connectivity index (χ1v) is 12.8. The van der Waals surface area contributed by atoms with Gasteiger partial charge in [-0.1, -0.05) is 38.1 Å². The number of amides is 1. The number of sulfonamides is 1. The van der Waals surface area contributed by atoms with Crippen molar-refractivity contribution in [3.63, 3.8) is 0 Å². The lowest BCUT2D eigenvalue weighted by atomic mass is 10.0. The summed E-state index contributed by atoms with van der Waals surface area (Å²) in [6, 6.07) is 15.6. The van der Waals surface area contributed by atoms with Crippen molar-refractivity contribution in [2.45, 2.75) is 38.5 Å². The fraction of sp³-hybridized carbons (Fsp3) is 0.200. The van der Waals surface area contributed by atoms with E-state index in [1.807, 2.05) is 24.3 Å². The molecule has 0 aliphatic heterocycles. The molecule has 0 unspecified atom stereocenters. The van der Waals surface area contributed by atoms with Crippen LogP contribution < -0.4 is 15.4 Å². The number of aryl methyl sites for hydroxylation is 2. The standard InChI is InChI=1S/C25H27N5O3S2/c1-16(2)20-8-5-19(6-9-20)7-14-23(31)29-25(34)28-21-10-12-22(13-11-21)35(32,33)30-24-26-17(3)15-18(4)27-24/h5-16H,1-4H3,(H,26,27,30)(H2,28,29,31,34). The highest BCUT2D eigenvalue weighted by molar-refractivity contribution is 7.92. The summed E-state index contributed by atoms with van der Waals surface area (Å²) >= 11 is 5.18. The molecule has 2 aromatic carbocycles. The summed E-state index contributed by atoms with van der Waals surface area (Å²) in [6.45, 7) is 7.76. The Bertz CT molecular complexity index is 1330. The summed E-state index contributed by atoms with van der Waals surface area (Å²) in [4.78, 5) is 20.4. The number of hydrogen-bond acceptors (Lipinski definition) is 6. The third kappa shape index (κ3) is 7.69. The van der Waals surface area contributed by atoms with Crippen molar-refractivity contribution in [2.24, 2.45) is 0 Å². The van der Waals surface area contributed by atoms with Crippen LogP contribution in [0.5, 0.6) is 0 Å². The molecule has 1 aromatic heterocycles. The lowest BCUT2D eigenvalue weighted by molar-refractivity contribution is -0.115. The summed E-state index contributed by atoms with van der Waals surface area (Å²) in [7, 11) is -3.87. The first kappa shape index (κ1) is 26.0. The van der Waals surface area contributed by atoms with E-state index < -0.39 is 10.0 Å². The van der Waals surface area contributed by atoms with Gasteiger partial charge in [0.05, 0.1) is 4.90 Å². The molecule has 0 aliphatic rings. The molecule has 1 heterocycles. The van der Waals surface area contributed by atoms with Crippen LogP contribution in [0.25, 0.3) is 6.08 Å². The van der Waals surface area contributed by atoms with Crippen LogP contribution >= 0.6 is 12.2 Å². The SMILES string of the molecule is Cc1cc(C)nc(NS(=O)(=O)c2ccc(NC(=S)NC(=O)C=Cc3ccc(C(C)C)cc3)cc2)n1. The third-order valence-electron chi connectivity index (χ3n) is 4.90. The Labute approximate surface area is 211 Å². The van der Waals surface area contributed by atoms with Gasteiger partial charge in [0.15, 0.2) is 5.11 Å². The van der Waals surface area contributed by atoms with Gasteiger partial charge in [0.25, 0.3) is 10.0 Å². The predicted molar refractivity (Wildman–Crippen MR) is 143 cm³/mol. The minimum Gasteiger partial charge on any atom is -0.332 e. The van der Waals surface area contributed by atoms with Crippen LogP contribution in [0.3, 0.4) is 0 Å². The van der Waals surface area contributed by atoms with E-state index in [9.17, 15) is 13.2 Å². The molecule has 0 saturated carbocycles. The Balaban J connectivity index is 1.56. The fourth-order valence-corrected chi connectivity index (χ4v) is 4.31. The second kappa shape index (κ2) is 11.2. The molecule has 3 aromatic rings. The molecule has 0 radical (unpaired) electrons. The lowest BCUT2D eigenvalue weighted by Crippen LogP contribution is -2.32. The molecule has 1 amide bonds. The van der Waals surface area contributed by atoms with Gasteiger partial charge in [-0.05, 0) is 79.5 Å². The van der Waals surface area contributed by atoms with E-state index in [0.29, 0.717) is 23.0 Å².